The topological polar surface area (TPSA) is 93.1 Å². The Labute approximate surface area is 175 Å². The number of rotatable bonds is 10. The lowest BCUT2D eigenvalue weighted by molar-refractivity contribution is -0.137. The number of carbonyl (C=O) groups is 3. The number of fused-ring (bicyclic) bond motifs is 1. The highest BCUT2D eigenvalue weighted by molar-refractivity contribution is 6.07. The monoisotopic (exact) mass is 421 g/mol. The van der Waals surface area contributed by atoms with Crippen LogP contribution >= 0.6 is 0 Å². The van der Waals surface area contributed by atoms with Gasteiger partial charge < -0.3 is 19.5 Å². The second-order valence-corrected chi connectivity index (χ2v) is 7.24. The average molecular weight is 421 g/mol. The molecule has 1 amide bonds. The number of methoxy groups -OCH3 is 1. The minimum atomic E-state index is -1.19. The summed E-state index contributed by atoms with van der Waals surface area (Å²) in [7, 11) is 1.50. The van der Waals surface area contributed by atoms with Crippen molar-refractivity contribution in [1.29, 1.82) is 0 Å². The lowest BCUT2D eigenvalue weighted by Crippen LogP contribution is -2.35. The zero-order valence-electron chi connectivity index (χ0n) is 17.8. The van der Waals surface area contributed by atoms with Crippen LogP contribution in [0.5, 0.6) is 5.75 Å². The van der Waals surface area contributed by atoms with Crippen LogP contribution in [-0.2, 0) is 27.4 Å². The number of hydrogen-bond donors (Lipinski definition) is 1. The van der Waals surface area contributed by atoms with E-state index in [2.05, 4.69) is 0 Å². The molecule has 1 aliphatic heterocycles. The highest BCUT2D eigenvalue weighted by Crippen LogP contribution is 2.43. The van der Waals surface area contributed by atoms with E-state index in [4.69, 9.17) is 14.6 Å². The number of amides is 1. The SMILES string of the molecule is CCCN(C(=O)CF)c1c(C/C=C(\C)CCC(=O)O)c(OC)c(C)c2c1C(=O)OC2. The summed E-state index contributed by atoms with van der Waals surface area (Å²) < 4.78 is 24.2. The van der Waals surface area contributed by atoms with Crippen molar-refractivity contribution in [2.24, 2.45) is 0 Å². The summed E-state index contributed by atoms with van der Waals surface area (Å²) in [4.78, 5) is 37.1. The average Bonchev–Trinajstić information content (AvgIpc) is 3.10. The number of carbonyl (C=O) groups excluding carboxylic acids is 2. The maximum absolute atomic E-state index is 13.4. The van der Waals surface area contributed by atoms with E-state index < -0.39 is 24.5 Å². The van der Waals surface area contributed by atoms with Crippen LogP contribution in [-0.4, -0.2) is 43.3 Å². The first-order valence-corrected chi connectivity index (χ1v) is 9.89. The standard InChI is InChI=1S/C22H28FNO6/c1-5-10-24(17(25)11-23)20-15(8-6-13(2)7-9-18(26)27)21(29-4)14(3)16-12-30-22(28)19(16)20/h6H,5,7-12H2,1-4H3,(H,26,27)/b13-6+. The van der Waals surface area contributed by atoms with Crippen LogP contribution < -0.4 is 9.64 Å². The van der Waals surface area contributed by atoms with Crippen LogP contribution in [0.25, 0.3) is 0 Å². The predicted molar refractivity (Wildman–Crippen MR) is 110 cm³/mol. The van der Waals surface area contributed by atoms with Gasteiger partial charge in [-0.05, 0) is 38.7 Å². The van der Waals surface area contributed by atoms with Gasteiger partial charge in [-0.25, -0.2) is 9.18 Å². The molecule has 0 unspecified atom stereocenters. The molecule has 8 heteroatoms. The van der Waals surface area contributed by atoms with Crippen molar-refractivity contribution in [3.63, 3.8) is 0 Å². The van der Waals surface area contributed by atoms with Crippen LogP contribution in [0.4, 0.5) is 10.1 Å². The van der Waals surface area contributed by atoms with Crippen LogP contribution in [0.1, 0.15) is 60.2 Å². The van der Waals surface area contributed by atoms with E-state index in [-0.39, 0.29) is 25.1 Å². The van der Waals surface area contributed by atoms with E-state index in [1.54, 1.807) is 0 Å². The molecule has 1 N–H and O–H groups in total. The lowest BCUT2D eigenvalue weighted by atomic mass is 9.92. The molecule has 0 fully saturated rings. The van der Waals surface area contributed by atoms with Crippen molar-refractivity contribution in [1.82, 2.24) is 0 Å². The zero-order valence-corrected chi connectivity index (χ0v) is 17.8. The summed E-state index contributed by atoms with van der Waals surface area (Å²) in [6.07, 6.45) is 3.09. The Balaban J connectivity index is 2.68. The van der Waals surface area contributed by atoms with Crippen LogP contribution in [0, 0.1) is 6.92 Å². The Hall–Kier alpha value is -2.90. The van der Waals surface area contributed by atoms with Gasteiger partial charge in [0.2, 0.25) is 0 Å². The molecule has 0 saturated heterocycles. The van der Waals surface area contributed by atoms with E-state index >= 15 is 0 Å². The molecule has 0 bridgehead atoms. The van der Waals surface area contributed by atoms with Gasteiger partial charge in [0.1, 0.15) is 12.4 Å². The molecule has 0 radical (unpaired) electrons. The van der Waals surface area contributed by atoms with Gasteiger partial charge in [-0.15, -0.1) is 0 Å². The van der Waals surface area contributed by atoms with Gasteiger partial charge in [-0.1, -0.05) is 18.6 Å². The molecule has 0 atom stereocenters. The molecule has 1 aromatic rings. The number of cyclic esters (lactones) is 1. The first-order chi connectivity index (χ1) is 14.3. The largest absolute Gasteiger partial charge is 0.496 e. The maximum atomic E-state index is 13.4. The van der Waals surface area contributed by atoms with Crippen molar-refractivity contribution < 1.29 is 33.4 Å². The number of hydrogen-bond acceptors (Lipinski definition) is 5. The van der Waals surface area contributed by atoms with Crippen LogP contribution in [0.3, 0.4) is 0 Å². The normalized spacial score (nSPS) is 13.1. The van der Waals surface area contributed by atoms with Crippen molar-refractivity contribution in [3.05, 3.63) is 33.9 Å². The number of allylic oxidation sites excluding steroid dienone is 2. The van der Waals surface area contributed by atoms with Crippen LogP contribution in [0.15, 0.2) is 11.6 Å². The number of halogens is 1. The molecular weight excluding hydrogens is 393 g/mol. The minimum Gasteiger partial charge on any atom is -0.496 e. The Morgan fingerprint density at radius 3 is 2.60 bits per heavy atom. The Bertz CT molecular complexity index is 877. The predicted octanol–water partition coefficient (Wildman–Crippen LogP) is 3.74. The fourth-order valence-electron chi connectivity index (χ4n) is 3.67. The Kier molecular flexibility index (Phi) is 7.97. The molecule has 7 nitrogen and oxygen atoms in total. The number of esters is 1. The Morgan fingerprint density at radius 2 is 2.03 bits per heavy atom. The summed E-state index contributed by atoms with van der Waals surface area (Å²) in [5.74, 6) is -1.67. The molecule has 1 aromatic carbocycles. The number of carboxylic acids is 1. The fourth-order valence-corrected chi connectivity index (χ4v) is 3.67. The van der Waals surface area contributed by atoms with E-state index in [1.807, 2.05) is 26.8 Å². The molecule has 164 valence electrons. The summed E-state index contributed by atoms with van der Waals surface area (Å²) in [5.41, 5.74) is 3.40. The fraction of sp³-hybridized carbons (Fsp3) is 0.500. The van der Waals surface area contributed by atoms with Gasteiger partial charge in [0.05, 0.1) is 18.4 Å². The van der Waals surface area contributed by atoms with Gasteiger partial charge in [0.25, 0.3) is 5.91 Å². The molecule has 0 aliphatic carbocycles. The summed E-state index contributed by atoms with van der Waals surface area (Å²) in [5, 5.41) is 8.89. The molecule has 0 spiro atoms. The third-order valence-corrected chi connectivity index (χ3v) is 5.17. The number of anilines is 1. The third kappa shape index (κ3) is 4.80. The van der Waals surface area contributed by atoms with Gasteiger partial charge in [0, 0.05) is 24.1 Å². The zero-order chi connectivity index (χ0) is 22.4. The summed E-state index contributed by atoms with van der Waals surface area (Å²) in [6.45, 7) is 4.62. The number of nitrogens with zero attached hydrogens (tertiary/aromatic N) is 1. The van der Waals surface area contributed by atoms with Crippen molar-refractivity contribution in [2.45, 2.75) is 53.1 Å². The van der Waals surface area contributed by atoms with Crippen molar-refractivity contribution >= 4 is 23.5 Å². The van der Waals surface area contributed by atoms with Gasteiger partial charge in [-0.3, -0.25) is 9.59 Å². The number of benzene rings is 1. The molecule has 0 aromatic heterocycles. The maximum Gasteiger partial charge on any atom is 0.341 e. The second kappa shape index (κ2) is 10.2. The van der Waals surface area contributed by atoms with E-state index in [9.17, 15) is 18.8 Å². The van der Waals surface area contributed by atoms with Crippen LogP contribution in [0.2, 0.25) is 0 Å². The minimum absolute atomic E-state index is 0.00413. The first-order valence-electron chi connectivity index (χ1n) is 9.89. The lowest BCUT2D eigenvalue weighted by Gasteiger charge is -2.28. The molecule has 1 aliphatic rings. The second-order valence-electron chi connectivity index (χ2n) is 7.24. The van der Waals surface area contributed by atoms with E-state index in [0.29, 0.717) is 41.8 Å². The molecular formula is C22H28FNO6. The van der Waals surface area contributed by atoms with E-state index in [0.717, 1.165) is 11.1 Å². The summed E-state index contributed by atoms with van der Waals surface area (Å²) in [6, 6.07) is 0. The van der Waals surface area contributed by atoms with Crippen molar-refractivity contribution in [3.8, 4) is 5.75 Å². The number of alkyl halides is 1. The highest BCUT2D eigenvalue weighted by Gasteiger charge is 2.35. The Morgan fingerprint density at radius 1 is 1.33 bits per heavy atom. The molecule has 1 heterocycles. The smallest absolute Gasteiger partial charge is 0.341 e. The first kappa shape index (κ1) is 23.4. The van der Waals surface area contributed by atoms with E-state index in [1.165, 1.54) is 12.0 Å². The highest BCUT2D eigenvalue weighted by atomic mass is 19.1. The van der Waals surface area contributed by atoms with Crippen molar-refractivity contribution in [2.75, 3.05) is 25.2 Å². The third-order valence-electron chi connectivity index (χ3n) is 5.17. The molecule has 30 heavy (non-hydrogen) atoms. The summed E-state index contributed by atoms with van der Waals surface area (Å²) >= 11 is 0. The van der Waals surface area contributed by atoms with Gasteiger partial charge in [0.15, 0.2) is 6.67 Å². The number of carboxylic acid groups (broad SMARTS) is 1. The van der Waals surface area contributed by atoms with Gasteiger partial charge >= 0.3 is 11.9 Å². The number of ether oxygens (including phenoxy) is 2. The van der Waals surface area contributed by atoms with Gasteiger partial charge in [-0.2, -0.15) is 0 Å². The number of aliphatic carboxylic acids is 1. The molecule has 2 rings (SSSR count). The quantitative estimate of drug-likeness (QED) is 0.457. The molecule has 0 saturated carbocycles.